The predicted octanol–water partition coefficient (Wildman–Crippen LogP) is 3.42. The topological polar surface area (TPSA) is 47.6 Å². The van der Waals surface area contributed by atoms with Crippen LogP contribution in [0.3, 0.4) is 0 Å². The summed E-state index contributed by atoms with van der Waals surface area (Å²) in [5.41, 5.74) is 0.931. The Bertz CT molecular complexity index is 461. The monoisotopic (exact) mass is 313 g/mol. The number of carbonyl (C=O) groups is 1. The molecule has 118 valence electrons. The molecule has 0 spiro atoms. The Morgan fingerprint density at radius 1 is 1.29 bits per heavy atom. The van der Waals surface area contributed by atoms with E-state index in [9.17, 15) is 4.79 Å². The van der Waals surface area contributed by atoms with E-state index in [1.807, 2.05) is 6.07 Å². The molecule has 1 aromatic carbocycles. The Hall–Kier alpha value is -1.26. The lowest BCUT2D eigenvalue weighted by molar-refractivity contribution is -0.149. The van der Waals surface area contributed by atoms with Crippen molar-refractivity contribution in [1.29, 1.82) is 0 Å². The minimum Gasteiger partial charge on any atom is -0.482 e. The fraction of sp³-hybridized carbons (Fsp3) is 0.562. The number of rotatable bonds is 8. The van der Waals surface area contributed by atoms with Crippen LogP contribution >= 0.6 is 11.6 Å². The Kier molecular flexibility index (Phi) is 7.54. The van der Waals surface area contributed by atoms with Crippen molar-refractivity contribution < 1.29 is 14.3 Å². The number of hydrogen-bond donors (Lipinski definition) is 1. The molecule has 4 nitrogen and oxygen atoms in total. The van der Waals surface area contributed by atoms with Crippen molar-refractivity contribution in [3.05, 3.63) is 28.8 Å². The summed E-state index contributed by atoms with van der Waals surface area (Å²) in [7, 11) is 0. The highest BCUT2D eigenvalue weighted by Gasteiger charge is 2.10. The molecule has 0 aliphatic carbocycles. The third-order valence-electron chi connectivity index (χ3n) is 2.60. The van der Waals surface area contributed by atoms with Gasteiger partial charge >= 0.3 is 5.97 Å². The van der Waals surface area contributed by atoms with Gasteiger partial charge in [0.05, 0.1) is 6.10 Å². The average Bonchev–Trinajstić information content (AvgIpc) is 2.36. The summed E-state index contributed by atoms with van der Waals surface area (Å²) >= 11 is 6.01. The summed E-state index contributed by atoms with van der Waals surface area (Å²) in [4.78, 5) is 11.5. The van der Waals surface area contributed by atoms with E-state index >= 15 is 0 Å². The van der Waals surface area contributed by atoms with Crippen molar-refractivity contribution in [3.8, 4) is 5.75 Å². The molecule has 0 heterocycles. The van der Waals surface area contributed by atoms with Gasteiger partial charge in [-0.25, -0.2) is 4.79 Å². The van der Waals surface area contributed by atoms with Gasteiger partial charge in [0.1, 0.15) is 5.75 Å². The molecular weight excluding hydrogens is 290 g/mol. The molecule has 1 N–H and O–H groups in total. The van der Waals surface area contributed by atoms with Crippen LogP contribution < -0.4 is 10.1 Å². The van der Waals surface area contributed by atoms with Crippen LogP contribution in [0, 0.1) is 5.92 Å². The quantitative estimate of drug-likeness (QED) is 0.747. The Morgan fingerprint density at radius 2 is 2.00 bits per heavy atom. The molecule has 21 heavy (non-hydrogen) atoms. The lowest BCUT2D eigenvalue weighted by atomic mass is 10.2. The first-order valence-electron chi connectivity index (χ1n) is 7.20. The van der Waals surface area contributed by atoms with E-state index in [-0.39, 0.29) is 18.7 Å². The zero-order valence-corrected chi connectivity index (χ0v) is 13.9. The molecule has 0 bridgehead atoms. The van der Waals surface area contributed by atoms with Crippen LogP contribution in [0.15, 0.2) is 18.2 Å². The number of halogens is 1. The number of ether oxygens (including phenoxy) is 2. The van der Waals surface area contributed by atoms with E-state index in [4.69, 9.17) is 21.1 Å². The summed E-state index contributed by atoms with van der Waals surface area (Å²) in [6.07, 6.45) is -0.140. The third-order valence-corrected chi connectivity index (χ3v) is 2.84. The van der Waals surface area contributed by atoms with E-state index in [2.05, 4.69) is 19.2 Å². The molecule has 0 aliphatic heterocycles. The van der Waals surface area contributed by atoms with Gasteiger partial charge in [-0.3, -0.25) is 0 Å². The Morgan fingerprint density at radius 3 is 2.62 bits per heavy atom. The molecule has 5 heteroatoms. The Balaban J connectivity index is 2.61. The Labute approximate surface area is 131 Å². The molecule has 0 saturated heterocycles. The van der Waals surface area contributed by atoms with Gasteiger partial charge in [-0.2, -0.15) is 0 Å². The van der Waals surface area contributed by atoms with Crippen molar-refractivity contribution in [2.45, 2.75) is 40.3 Å². The third kappa shape index (κ3) is 7.34. The van der Waals surface area contributed by atoms with E-state index in [1.165, 1.54) is 0 Å². The molecule has 0 atom stereocenters. The normalized spacial score (nSPS) is 11.0. The fourth-order valence-electron chi connectivity index (χ4n) is 1.76. The molecule has 0 aliphatic rings. The minimum atomic E-state index is -0.374. The summed E-state index contributed by atoms with van der Waals surface area (Å²) in [6.45, 7) is 9.35. The summed E-state index contributed by atoms with van der Waals surface area (Å²) in [5.74, 6) is 0.840. The molecule has 1 aromatic rings. The van der Waals surface area contributed by atoms with Crippen molar-refractivity contribution in [3.63, 3.8) is 0 Å². The highest BCUT2D eigenvalue weighted by atomic mass is 35.5. The van der Waals surface area contributed by atoms with Crippen molar-refractivity contribution >= 4 is 17.6 Å². The average molecular weight is 314 g/mol. The van der Waals surface area contributed by atoms with Crippen LogP contribution in [0.1, 0.15) is 33.3 Å². The highest BCUT2D eigenvalue weighted by Crippen LogP contribution is 2.23. The first-order chi connectivity index (χ1) is 9.88. The van der Waals surface area contributed by atoms with Crippen LogP contribution in [0.2, 0.25) is 5.02 Å². The fourth-order valence-corrected chi connectivity index (χ4v) is 1.95. The highest BCUT2D eigenvalue weighted by molar-refractivity contribution is 6.30. The molecular formula is C16H24ClNO3. The molecule has 0 unspecified atom stereocenters. The summed E-state index contributed by atoms with van der Waals surface area (Å²) < 4.78 is 10.6. The maximum atomic E-state index is 11.5. The molecule has 0 radical (unpaired) electrons. The van der Waals surface area contributed by atoms with E-state index in [0.717, 1.165) is 12.1 Å². The first-order valence-corrected chi connectivity index (χ1v) is 7.57. The van der Waals surface area contributed by atoms with Crippen LogP contribution in [0.5, 0.6) is 5.75 Å². The molecule has 0 saturated carbocycles. The van der Waals surface area contributed by atoms with Crippen molar-refractivity contribution in [1.82, 2.24) is 5.32 Å². The largest absolute Gasteiger partial charge is 0.482 e. The van der Waals surface area contributed by atoms with Crippen LogP contribution in [-0.2, 0) is 16.1 Å². The van der Waals surface area contributed by atoms with Gasteiger partial charge in [0.2, 0.25) is 0 Å². The van der Waals surface area contributed by atoms with E-state index in [1.54, 1.807) is 26.0 Å². The van der Waals surface area contributed by atoms with Gasteiger partial charge in [-0.1, -0.05) is 25.4 Å². The molecule has 0 fully saturated rings. The van der Waals surface area contributed by atoms with Gasteiger partial charge in [0, 0.05) is 17.1 Å². The number of benzene rings is 1. The van der Waals surface area contributed by atoms with Crippen LogP contribution in [0.25, 0.3) is 0 Å². The maximum absolute atomic E-state index is 11.5. The van der Waals surface area contributed by atoms with E-state index in [0.29, 0.717) is 23.2 Å². The standard InChI is InChI=1S/C16H24ClNO3/c1-11(2)8-18-9-13-7-14(17)5-6-15(13)20-10-16(19)21-12(3)4/h5-7,11-12,18H,8-10H2,1-4H3. The second-order valence-electron chi connectivity index (χ2n) is 5.60. The second kappa shape index (κ2) is 8.90. The van der Waals surface area contributed by atoms with Crippen LogP contribution in [-0.4, -0.2) is 25.2 Å². The van der Waals surface area contributed by atoms with Gasteiger partial charge in [0.25, 0.3) is 0 Å². The van der Waals surface area contributed by atoms with Crippen molar-refractivity contribution in [2.24, 2.45) is 5.92 Å². The smallest absolute Gasteiger partial charge is 0.344 e. The van der Waals surface area contributed by atoms with E-state index < -0.39 is 0 Å². The number of nitrogens with one attached hydrogen (secondary N) is 1. The van der Waals surface area contributed by atoms with Gasteiger partial charge in [-0.05, 0) is 44.5 Å². The maximum Gasteiger partial charge on any atom is 0.344 e. The lowest BCUT2D eigenvalue weighted by Crippen LogP contribution is -2.21. The summed E-state index contributed by atoms with van der Waals surface area (Å²) in [5, 5.41) is 3.98. The first kappa shape index (κ1) is 17.8. The predicted molar refractivity (Wildman–Crippen MR) is 84.7 cm³/mol. The minimum absolute atomic E-state index is 0.100. The molecule has 0 amide bonds. The van der Waals surface area contributed by atoms with Gasteiger partial charge < -0.3 is 14.8 Å². The molecule has 0 aromatic heterocycles. The van der Waals surface area contributed by atoms with Gasteiger partial charge in [0.15, 0.2) is 6.61 Å². The lowest BCUT2D eigenvalue weighted by Gasteiger charge is -2.14. The second-order valence-corrected chi connectivity index (χ2v) is 6.04. The number of esters is 1. The van der Waals surface area contributed by atoms with Crippen molar-refractivity contribution in [2.75, 3.05) is 13.2 Å². The van der Waals surface area contributed by atoms with Crippen LogP contribution in [0.4, 0.5) is 0 Å². The molecule has 1 rings (SSSR count). The number of carbonyl (C=O) groups excluding carboxylic acids is 1. The summed E-state index contributed by atoms with van der Waals surface area (Å²) in [6, 6.07) is 5.37. The SMILES string of the molecule is CC(C)CNCc1cc(Cl)ccc1OCC(=O)OC(C)C. The zero-order valence-electron chi connectivity index (χ0n) is 13.1. The van der Waals surface area contributed by atoms with Gasteiger partial charge in [-0.15, -0.1) is 0 Å². The zero-order chi connectivity index (χ0) is 15.8. The number of hydrogen-bond acceptors (Lipinski definition) is 4.